The summed E-state index contributed by atoms with van der Waals surface area (Å²) in [4.78, 5) is 23.9. The molecule has 128 valence electrons. The first-order valence-electron chi connectivity index (χ1n) is 7.27. The van der Waals surface area contributed by atoms with Crippen molar-refractivity contribution in [1.82, 2.24) is 5.16 Å². The molecule has 0 radical (unpaired) electrons. The molecule has 0 unspecified atom stereocenters. The predicted molar refractivity (Wildman–Crippen MR) is 91.6 cm³/mol. The lowest BCUT2D eigenvalue weighted by atomic mass is 10.2. The highest BCUT2D eigenvalue weighted by Gasteiger charge is 2.17. The Hall–Kier alpha value is -2.35. The molecule has 0 aliphatic rings. The van der Waals surface area contributed by atoms with Crippen LogP contribution in [0.4, 0.5) is 15.9 Å². The van der Waals surface area contributed by atoms with Crippen molar-refractivity contribution in [3.05, 3.63) is 41.4 Å². The maximum Gasteiger partial charge on any atom is 0.238 e. The Morgan fingerprint density at radius 2 is 2.04 bits per heavy atom. The molecular formula is C16H18FN3O3S. The fraction of sp³-hybridized carbons (Fsp3) is 0.312. The number of halogens is 1. The van der Waals surface area contributed by atoms with Crippen LogP contribution in [-0.4, -0.2) is 28.0 Å². The highest BCUT2D eigenvalue weighted by atomic mass is 32.2. The number of benzene rings is 1. The highest BCUT2D eigenvalue weighted by Crippen LogP contribution is 2.17. The number of carbonyl (C=O) groups excluding carboxylic acids is 2. The van der Waals surface area contributed by atoms with E-state index in [1.807, 2.05) is 0 Å². The summed E-state index contributed by atoms with van der Waals surface area (Å²) in [6.45, 7) is 5.05. The third kappa shape index (κ3) is 5.09. The quantitative estimate of drug-likeness (QED) is 0.835. The zero-order valence-corrected chi connectivity index (χ0v) is 14.4. The first kappa shape index (κ1) is 18.0. The summed E-state index contributed by atoms with van der Waals surface area (Å²) in [6.07, 6.45) is 0. The molecule has 2 rings (SSSR count). The van der Waals surface area contributed by atoms with Gasteiger partial charge in [0, 0.05) is 11.8 Å². The van der Waals surface area contributed by atoms with E-state index in [2.05, 4.69) is 15.8 Å². The molecule has 2 amide bonds. The Morgan fingerprint density at radius 1 is 1.29 bits per heavy atom. The van der Waals surface area contributed by atoms with Crippen molar-refractivity contribution in [3.63, 3.8) is 0 Å². The first-order valence-corrected chi connectivity index (χ1v) is 8.32. The van der Waals surface area contributed by atoms with Crippen LogP contribution in [0.1, 0.15) is 18.2 Å². The van der Waals surface area contributed by atoms with E-state index >= 15 is 0 Å². The Labute approximate surface area is 143 Å². The second-order valence-corrected chi connectivity index (χ2v) is 6.61. The Bertz CT molecular complexity index is 748. The van der Waals surface area contributed by atoms with Crippen LogP contribution >= 0.6 is 11.8 Å². The van der Waals surface area contributed by atoms with Gasteiger partial charge < -0.3 is 15.2 Å². The van der Waals surface area contributed by atoms with Crippen LogP contribution in [0.2, 0.25) is 0 Å². The summed E-state index contributed by atoms with van der Waals surface area (Å²) >= 11 is 1.17. The van der Waals surface area contributed by atoms with Gasteiger partial charge in [0.15, 0.2) is 5.82 Å². The van der Waals surface area contributed by atoms with E-state index in [9.17, 15) is 14.0 Å². The zero-order chi connectivity index (χ0) is 17.7. The third-order valence-electron chi connectivity index (χ3n) is 3.17. The number of amides is 2. The summed E-state index contributed by atoms with van der Waals surface area (Å²) in [5.41, 5.74) is 0.898. The van der Waals surface area contributed by atoms with Crippen molar-refractivity contribution in [3.8, 4) is 0 Å². The summed E-state index contributed by atoms with van der Waals surface area (Å²) in [5.74, 6) is 0.0423. The molecule has 0 fully saturated rings. The molecule has 8 heteroatoms. The highest BCUT2D eigenvalue weighted by molar-refractivity contribution is 8.01. The van der Waals surface area contributed by atoms with Gasteiger partial charge in [-0.2, -0.15) is 0 Å². The van der Waals surface area contributed by atoms with Crippen molar-refractivity contribution in [1.29, 1.82) is 0 Å². The van der Waals surface area contributed by atoms with Crippen molar-refractivity contribution in [2.24, 2.45) is 0 Å². The normalized spacial score (nSPS) is 11.8. The number of nitrogens with zero attached hydrogens (tertiary/aromatic N) is 1. The average Bonchev–Trinajstić information content (AvgIpc) is 2.93. The van der Waals surface area contributed by atoms with E-state index < -0.39 is 5.25 Å². The standard InChI is InChI=1S/C16H18FN3O3S/c1-9-4-5-12(7-13(9)17)18-15(21)8-24-11(3)16(22)19-14-6-10(2)23-20-14/h4-7,11H,8H2,1-3H3,(H,18,21)(H,19,20,22)/t11-/m0/s1. The molecule has 1 aromatic heterocycles. The number of carbonyl (C=O) groups is 2. The number of nitrogens with one attached hydrogen (secondary N) is 2. The molecule has 0 saturated carbocycles. The van der Waals surface area contributed by atoms with Crippen molar-refractivity contribution >= 4 is 35.1 Å². The number of hydrogen-bond donors (Lipinski definition) is 2. The van der Waals surface area contributed by atoms with Gasteiger partial charge >= 0.3 is 0 Å². The molecule has 1 heterocycles. The van der Waals surface area contributed by atoms with Gasteiger partial charge in [-0.15, -0.1) is 11.8 Å². The predicted octanol–water partition coefficient (Wildman–Crippen LogP) is 3.13. The van der Waals surface area contributed by atoms with E-state index in [1.165, 1.54) is 17.8 Å². The SMILES string of the molecule is Cc1cc(NC(=O)[C@H](C)SCC(=O)Nc2ccc(C)c(F)c2)no1. The van der Waals surface area contributed by atoms with Gasteiger partial charge in [0.2, 0.25) is 11.8 Å². The van der Waals surface area contributed by atoms with Crippen LogP contribution in [0.3, 0.4) is 0 Å². The average molecular weight is 351 g/mol. The van der Waals surface area contributed by atoms with Gasteiger partial charge in [0.1, 0.15) is 11.6 Å². The van der Waals surface area contributed by atoms with Gasteiger partial charge in [-0.3, -0.25) is 9.59 Å². The maximum absolute atomic E-state index is 13.4. The molecule has 6 nitrogen and oxygen atoms in total. The molecule has 0 aliphatic heterocycles. The van der Waals surface area contributed by atoms with Gasteiger partial charge in [0.05, 0.1) is 11.0 Å². The van der Waals surface area contributed by atoms with Crippen molar-refractivity contribution < 1.29 is 18.5 Å². The maximum atomic E-state index is 13.4. The lowest BCUT2D eigenvalue weighted by Gasteiger charge is -2.11. The van der Waals surface area contributed by atoms with Gasteiger partial charge in [-0.05, 0) is 38.5 Å². The van der Waals surface area contributed by atoms with Crippen molar-refractivity contribution in [2.45, 2.75) is 26.0 Å². The van der Waals surface area contributed by atoms with Gasteiger partial charge in [-0.25, -0.2) is 4.39 Å². The molecule has 1 aromatic carbocycles. The molecule has 0 saturated heterocycles. The molecular weight excluding hydrogens is 333 g/mol. The van der Waals surface area contributed by atoms with Crippen LogP contribution in [0.5, 0.6) is 0 Å². The summed E-state index contributed by atoms with van der Waals surface area (Å²) in [5, 5.41) is 8.42. The van der Waals surface area contributed by atoms with E-state index in [1.54, 1.807) is 39.0 Å². The fourth-order valence-electron chi connectivity index (χ4n) is 1.80. The van der Waals surface area contributed by atoms with Crippen LogP contribution in [0.25, 0.3) is 0 Å². The number of aryl methyl sites for hydroxylation is 2. The second-order valence-electron chi connectivity index (χ2n) is 5.28. The van der Waals surface area contributed by atoms with E-state index in [-0.39, 0.29) is 23.4 Å². The molecule has 1 atom stereocenters. The smallest absolute Gasteiger partial charge is 0.238 e. The monoisotopic (exact) mass is 351 g/mol. The fourth-order valence-corrected chi connectivity index (χ4v) is 2.48. The Morgan fingerprint density at radius 3 is 2.67 bits per heavy atom. The Kier molecular flexibility index (Phi) is 5.97. The minimum atomic E-state index is -0.456. The number of thioether (sulfide) groups is 1. The summed E-state index contributed by atoms with van der Waals surface area (Å²) < 4.78 is 18.3. The molecule has 2 aromatic rings. The largest absolute Gasteiger partial charge is 0.360 e. The number of hydrogen-bond acceptors (Lipinski definition) is 5. The molecule has 0 aliphatic carbocycles. The minimum absolute atomic E-state index is 0.0714. The van der Waals surface area contributed by atoms with Gasteiger partial charge in [0.25, 0.3) is 0 Å². The first-order chi connectivity index (χ1) is 11.3. The number of anilines is 2. The lowest BCUT2D eigenvalue weighted by Crippen LogP contribution is -2.25. The zero-order valence-electron chi connectivity index (χ0n) is 13.6. The second kappa shape index (κ2) is 7.96. The lowest BCUT2D eigenvalue weighted by molar-refractivity contribution is -0.115. The van der Waals surface area contributed by atoms with Crippen LogP contribution in [-0.2, 0) is 9.59 Å². The minimum Gasteiger partial charge on any atom is -0.360 e. The van der Waals surface area contributed by atoms with Crippen molar-refractivity contribution in [2.75, 3.05) is 16.4 Å². The summed E-state index contributed by atoms with van der Waals surface area (Å²) in [7, 11) is 0. The van der Waals surface area contributed by atoms with Crippen LogP contribution in [0, 0.1) is 19.7 Å². The third-order valence-corrected chi connectivity index (χ3v) is 4.31. The molecule has 24 heavy (non-hydrogen) atoms. The Balaban J connectivity index is 1.79. The topological polar surface area (TPSA) is 84.2 Å². The van der Waals surface area contributed by atoms with Crippen LogP contribution < -0.4 is 10.6 Å². The number of rotatable bonds is 6. The molecule has 2 N–H and O–H groups in total. The molecule has 0 spiro atoms. The molecule has 0 bridgehead atoms. The summed E-state index contributed by atoms with van der Waals surface area (Å²) in [6, 6.07) is 6.09. The van der Waals surface area contributed by atoms with Gasteiger partial charge in [-0.1, -0.05) is 11.2 Å². The van der Waals surface area contributed by atoms with Crippen LogP contribution in [0.15, 0.2) is 28.8 Å². The van der Waals surface area contributed by atoms with E-state index in [4.69, 9.17) is 4.52 Å². The van der Waals surface area contributed by atoms with E-state index in [0.717, 1.165) is 0 Å². The number of aromatic nitrogens is 1. The van der Waals surface area contributed by atoms with E-state index in [0.29, 0.717) is 22.8 Å².